The lowest BCUT2D eigenvalue weighted by molar-refractivity contribution is 0.318. The van der Waals surface area contributed by atoms with Crippen LogP contribution in [0.15, 0.2) is 17.2 Å². The molecule has 1 N–H and O–H groups in total. The van der Waals surface area contributed by atoms with Crippen molar-refractivity contribution in [3.63, 3.8) is 0 Å². The number of rotatable bonds is 3. The molecule has 5 heteroatoms. The van der Waals surface area contributed by atoms with Crippen LogP contribution in [0.4, 0.5) is 0 Å². The van der Waals surface area contributed by atoms with Crippen molar-refractivity contribution >= 4 is 12.4 Å². The summed E-state index contributed by atoms with van der Waals surface area (Å²) in [4.78, 5) is 4.35. The Balaban J connectivity index is 0.00000112. The summed E-state index contributed by atoms with van der Waals surface area (Å²) in [5.41, 5.74) is 0. The number of aromatic nitrogens is 2. The van der Waals surface area contributed by atoms with E-state index in [4.69, 9.17) is 4.52 Å². The Morgan fingerprint density at radius 2 is 2.20 bits per heavy atom. The van der Waals surface area contributed by atoms with E-state index in [1.54, 1.807) is 6.08 Å². The van der Waals surface area contributed by atoms with Crippen LogP contribution < -0.4 is 5.32 Å². The van der Waals surface area contributed by atoms with Crippen LogP contribution in [0.3, 0.4) is 0 Å². The molecule has 84 valence electrons. The molecule has 0 atom stereocenters. The fourth-order valence-corrected chi connectivity index (χ4v) is 1.71. The van der Waals surface area contributed by atoms with Crippen molar-refractivity contribution in [2.24, 2.45) is 0 Å². The second-order valence-corrected chi connectivity index (χ2v) is 3.57. The number of nitrogens with one attached hydrogen (secondary N) is 1. The van der Waals surface area contributed by atoms with Crippen LogP contribution in [0.1, 0.15) is 30.5 Å². The lowest BCUT2D eigenvalue weighted by Gasteiger charge is -2.18. The fraction of sp³-hybridized carbons (Fsp3) is 0.600. The molecular weight excluding hydrogens is 214 g/mol. The SMILES string of the molecule is C=CCc1noc(C2CCNCC2)n1.Cl. The minimum atomic E-state index is 0. The third-order valence-corrected chi connectivity index (χ3v) is 2.50. The molecule has 0 spiro atoms. The molecule has 0 aromatic carbocycles. The molecule has 1 aromatic heterocycles. The molecule has 2 heterocycles. The standard InChI is InChI=1S/C10H15N3O.ClH/c1-2-3-9-12-10(14-13-9)8-4-6-11-7-5-8;/h2,8,11H,1,3-7H2;1H. The lowest BCUT2D eigenvalue weighted by Crippen LogP contribution is -2.26. The Bertz CT molecular complexity index is 307. The van der Waals surface area contributed by atoms with Gasteiger partial charge in [0.1, 0.15) is 0 Å². The highest BCUT2D eigenvalue weighted by molar-refractivity contribution is 5.85. The van der Waals surface area contributed by atoms with E-state index in [0.717, 1.165) is 37.6 Å². The Kier molecular flexibility index (Phi) is 4.78. The number of allylic oxidation sites excluding steroid dienone is 1. The maximum atomic E-state index is 5.22. The molecule has 0 unspecified atom stereocenters. The number of nitrogens with zero attached hydrogens (tertiary/aromatic N) is 2. The van der Waals surface area contributed by atoms with Crippen LogP contribution in [0.5, 0.6) is 0 Å². The maximum Gasteiger partial charge on any atom is 0.229 e. The lowest BCUT2D eigenvalue weighted by atomic mass is 9.98. The van der Waals surface area contributed by atoms with Gasteiger partial charge in [-0.2, -0.15) is 4.98 Å². The highest BCUT2D eigenvalue weighted by atomic mass is 35.5. The van der Waals surface area contributed by atoms with Gasteiger partial charge < -0.3 is 9.84 Å². The topological polar surface area (TPSA) is 51.0 Å². The quantitative estimate of drug-likeness (QED) is 0.802. The zero-order valence-corrected chi connectivity index (χ0v) is 9.42. The highest BCUT2D eigenvalue weighted by Crippen LogP contribution is 2.23. The van der Waals surface area contributed by atoms with Gasteiger partial charge in [0, 0.05) is 12.3 Å². The van der Waals surface area contributed by atoms with E-state index in [-0.39, 0.29) is 12.4 Å². The summed E-state index contributed by atoms with van der Waals surface area (Å²) in [7, 11) is 0. The molecule has 1 aliphatic rings. The molecule has 0 amide bonds. The van der Waals surface area contributed by atoms with Crippen molar-refractivity contribution in [3.05, 3.63) is 24.4 Å². The van der Waals surface area contributed by atoms with Crippen molar-refractivity contribution in [1.82, 2.24) is 15.5 Å². The molecule has 1 aromatic rings. The largest absolute Gasteiger partial charge is 0.339 e. The van der Waals surface area contributed by atoms with E-state index < -0.39 is 0 Å². The fourth-order valence-electron chi connectivity index (χ4n) is 1.71. The van der Waals surface area contributed by atoms with Gasteiger partial charge in [0.15, 0.2) is 5.82 Å². The van der Waals surface area contributed by atoms with Crippen molar-refractivity contribution < 1.29 is 4.52 Å². The molecule has 0 saturated carbocycles. The monoisotopic (exact) mass is 229 g/mol. The van der Waals surface area contributed by atoms with Crippen LogP contribution in [0.2, 0.25) is 0 Å². The second-order valence-electron chi connectivity index (χ2n) is 3.57. The van der Waals surface area contributed by atoms with E-state index in [9.17, 15) is 0 Å². The molecule has 15 heavy (non-hydrogen) atoms. The van der Waals surface area contributed by atoms with E-state index in [1.807, 2.05) is 0 Å². The minimum absolute atomic E-state index is 0. The normalized spacial score (nSPS) is 17.1. The van der Waals surface area contributed by atoms with Gasteiger partial charge in [-0.15, -0.1) is 19.0 Å². The van der Waals surface area contributed by atoms with Crippen LogP contribution in [-0.2, 0) is 6.42 Å². The molecule has 1 aliphatic heterocycles. The van der Waals surface area contributed by atoms with Gasteiger partial charge in [0.05, 0.1) is 0 Å². The Morgan fingerprint density at radius 1 is 1.47 bits per heavy atom. The summed E-state index contributed by atoms with van der Waals surface area (Å²) in [5, 5.41) is 7.21. The van der Waals surface area contributed by atoms with Gasteiger partial charge in [-0.1, -0.05) is 11.2 Å². The summed E-state index contributed by atoms with van der Waals surface area (Å²) in [6, 6.07) is 0. The van der Waals surface area contributed by atoms with Crippen LogP contribution >= 0.6 is 12.4 Å². The van der Waals surface area contributed by atoms with Crippen molar-refractivity contribution in [2.45, 2.75) is 25.2 Å². The zero-order valence-electron chi connectivity index (χ0n) is 8.61. The van der Waals surface area contributed by atoms with Gasteiger partial charge in [0.25, 0.3) is 0 Å². The number of halogens is 1. The number of piperidine rings is 1. The molecule has 1 fully saturated rings. The average molecular weight is 230 g/mol. The van der Waals surface area contributed by atoms with E-state index >= 15 is 0 Å². The van der Waals surface area contributed by atoms with Crippen molar-refractivity contribution in [2.75, 3.05) is 13.1 Å². The van der Waals surface area contributed by atoms with Crippen molar-refractivity contribution in [1.29, 1.82) is 0 Å². The maximum absolute atomic E-state index is 5.22. The first-order valence-corrected chi connectivity index (χ1v) is 5.04. The summed E-state index contributed by atoms with van der Waals surface area (Å²) in [5.74, 6) is 1.99. The van der Waals surface area contributed by atoms with Crippen molar-refractivity contribution in [3.8, 4) is 0 Å². The van der Waals surface area contributed by atoms with E-state index in [0.29, 0.717) is 12.3 Å². The Labute approximate surface area is 95.5 Å². The van der Waals surface area contributed by atoms with Crippen LogP contribution in [0, 0.1) is 0 Å². The molecule has 4 nitrogen and oxygen atoms in total. The molecule has 1 saturated heterocycles. The molecule has 2 rings (SSSR count). The van der Waals surface area contributed by atoms with Crippen LogP contribution in [-0.4, -0.2) is 23.2 Å². The van der Waals surface area contributed by atoms with Gasteiger partial charge in [0.2, 0.25) is 5.89 Å². The van der Waals surface area contributed by atoms with E-state index in [1.165, 1.54) is 0 Å². The molecular formula is C10H16ClN3O. The second kappa shape index (κ2) is 5.88. The molecule has 0 aliphatic carbocycles. The smallest absolute Gasteiger partial charge is 0.229 e. The molecule has 0 bridgehead atoms. The first-order chi connectivity index (χ1) is 6.90. The summed E-state index contributed by atoms with van der Waals surface area (Å²) in [6.45, 7) is 5.74. The first kappa shape index (κ1) is 12.2. The Hall–Kier alpha value is -0.870. The van der Waals surface area contributed by atoms with E-state index in [2.05, 4.69) is 22.0 Å². The predicted molar refractivity (Wildman–Crippen MR) is 60.3 cm³/mol. The highest BCUT2D eigenvalue weighted by Gasteiger charge is 2.20. The summed E-state index contributed by atoms with van der Waals surface area (Å²) >= 11 is 0. The van der Waals surface area contributed by atoms with Crippen LogP contribution in [0.25, 0.3) is 0 Å². The molecule has 0 radical (unpaired) electrons. The van der Waals surface area contributed by atoms with Gasteiger partial charge in [-0.3, -0.25) is 0 Å². The number of hydrogen-bond donors (Lipinski definition) is 1. The average Bonchev–Trinajstić information content (AvgIpc) is 2.68. The van der Waals surface area contributed by atoms with Gasteiger partial charge >= 0.3 is 0 Å². The first-order valence-electron chi connectivity index (χ1n) is 5.04. The van der Waals surface area contributed by atoms with Gasteiger partial charge in [-0.05, 0) is 25.9 Å². The third kappa shape index (κ3) is 3.04. The summed E-state index contributed by atoms with van der Waals surface area (Å²) < 4.78 is 5.22. The minimum Gasteiger partial charge on any atom is -0.339 e. The third-order valence-electron chi connectivity index (χ3n) is 2.50. The zero-order chi connectivity index (χ0) is 9.80. The van der Waals surface area contributed by atoms with Gasteiger partial charge in [-0.25, -0.2) is 0 Å². The predicted octanol–water partition coefficient (Wildman–Crippen LogP) is 1.69. The number of hydrogen-bond acceptors (Lipinski definition) is 4. The summed E-state index contributed by atoms with van der Waals surface area (Å²) in [6.07, 6.45) is 4.66. The Morgan fingerprint density at radius 3 is 2.87 bits per heavy atom.